The van der Waals surface area contributed by atoms with Crippen molar-refractivity contribution in [1.82, 2.24) is 0 Å². The zero-order chi connectivity index (χ0) is 8.65. The van der Waals surface area contributed by atoms with Gasteiger partial charge < -0.3 is 4.74 Å². The highest BCUT2D eigenvalue weighted by Crippen LogP contribution is 1.96. The maximum atomic E-state index is 9.96. The Labute approximate surface area is 71.5 Å². The molecule has 1 aromatic carbocycles. The second kappa shape index (κ2) is 5.13. The Morgan fingerprint density at radius 2 is 1.50 bits per heavy atom. The monoisotopic (exact) mass is 162 g/mol. The van der Waals surface area contributed by atoms with Crippen molar-refractivity contribution in [2.24, 2.45) is 0 Å². The van der Waals surface area contributed by atoms with E-state index in [-0.39, 0.29) is 5.97 Å². The molecule has 0 bridgehead atoms. The number of cyclic esters (lactones) is 1. The Bertz CT molecular complexity index is 215. The van der Waals surface area contributed by atoms with Crippen molar-refractivity contribution in [2.45, 2.75) is 6.42 Å². The summed E-state index contributed by atoms with van der Waals surface area (Å²) in [5, 5.41) is 0. The van der Waals surface area contributed by atoms with Gasteiger partial charge in [0, 0.05) is 0 Å². The molecule has 1 aliphatic rings. The van der Waals surface area contributed by atoms with E-state index in [1.165, 1.54) is 6.26 Å². The molecule has 2 heteroatoms. The van der Waals surface area contributed by atoms with Crippen LogP contribution in [0.15, 0.2) is 48.7 Å². The van der Waals surface area contributed by atoms with Gasteiger partial charge in [-0.1, -0.05) is 36.4 Å². The number of rotatable bonds is 0. The first-order chi connectivity index (χ1) is 5.89. The average Bonchev–Trinajstić information content (AvgIpc) is 2.60. The van der Waals surface area contributed by atoms with Crippen LogP contribution in [0.3, 0.4) is 0 Å². The van der Waals surface area contributed by atoms with Crippen LogP contribution in [0.25, 0.3) is 0 Å². The molecule has 0 atom stereocenters. The van der Waals surface area contributed by atoms with Crippen LogP contribution >= 0.6 is 0 Å². The normalized spacial score (nSPS) is 13.2. The van der Waals surface area contributed by atoms with Crippen molar-refractivity contribution in [3.63, 3.8) is 0 Å². The van der Waals surface area contributed by atoms with Crippen LogP contribution in [0.5, 0.6) is 0 Å². The minimum atomic E-state index is -0.157. The molecule has 0 aromatic heterocycles. The highest BCUT2D eigenvalue weighted by atomic mass is 16.5. The molecule has 1 heterocycles. The summed E-state index contributed by atoms with van der Waals surface area (Å²) >= 11 is 0. The molecule has 0 fully saturated rings. The van der Waals surface area contributed by atoms with Gasteiger partial charge in [-0.05, 0) is 6.08 Å². The van der Waals surface area contributed by atoms with Crippen molar-refractivity contribution >= 4 is 5.97 Å². The van der Waals surface area contributed by atoms with E-state index >= 15 is 0 Å². The quantitative estimate of drug-likeness (QED) is 0.546. The van der Waals surface area contributed by atoms with Gasteiger partial charge in [0.25, 0.3) is 0 Å². The lowest BCUT2D eigenvalue weighted by atomic mass is 10.4. The van der Waals surface area contributed by atoms with E-state index in [2.05, 4.69) is 4.74 Å². The molecular formula is C10H10O2. The van der Waals surface area contributed by atoms with Crippen LogP contribution in [0.4, 0.5) is 0 Å². The number of carbonyl (C=O) groups is 1. The molecular weight excluding hydrogens is 152 g/mol. The predicted molar refractivity (Wildman–Crippen MR) is 46.3 cm³/mol. The lowest BCUT2D eigenvalue weighted by molar-refractivity contribution is -0.135. The molecule has 0 aliphatic carbocycles. The van der Waals surface area contributed by atoms with Gasteiger partial charge in [-0.25, -0.2) is 0 Å². The first kappa shape index (κ1) is 8.53. The van der Waals surface area contributed by atoms with Gasteiger partial charge in [0.2, 0.25) is 0 Å². The van der Waals surface area contributed by atoms with Gasteiger partial charge in [0.05, 0.1) is 12.7 Å². The Kier molecular flexibility index (Phi) is 3.64. The molecule has 0 N–H and O–H groups in total. The van der Waals surface area contributed by atoms with Crippen molar-refractivity contribution < 1.29 is 9.53 Å². The van der Waals surface area contributed by atoms with E-state index < -0.39 is 0 Å². The van der Waals surface area contributed by atoms with Crippen molar-refractivity contribution in [1.29, 1.82) is 0 Å². The first-order valence-corrected chi connectivity index (χ1v) is 3.74. The molecule has 2 rings (SSSR count). The van der Waals surface area contributed by atoms with Crippen LogP contribution < -0.4 is 0 Å². The summed E-state index contributed by atoms with van der Waals surface area (Å²) in [4.78, 5) is 9.96. The molecule has 2 nitrogen and oxygen atoms in total. The van der Waals surface area contributed by atoms with Crippen LogP contribution in [-0.2, 0) is 9.53 Å². The Hall–Kier alpha value is -1.57. The predicted octanol–water partition coefficient (Wildman–Crippen LogP) is 2.13. The van der Waals surface area contributed by atoms with Crippen molar-refractivity contribution in [3.05, 3.63) is 48.7 Å². The molecule has 0 spiro atoms. The maximum Gasteiger partial charge on any atom is 0.314 e. The molecule has 0 saturated heterocycles. The Morgan fingerprint density at radius 1 is 1.00 bits per heavy atom. The summed E-state index contributed by atoms with van der Waals surface area (Å²) < 4.78 is 4.33. The van der Waals surface area contributed by atoms with E-state index in [1.807, 2.05) is 36.4 Å². The number of hydrogen-bond acceptors (Lipinski definition) is 2. The highest BCUT2D eigenvalue weighted by Gasteiger charge is 2.00. The Morgan fingerprint density at radius 3 is 1.67 bits per heavy atom. The SMILES string of the molecule is O=C1CC=CO1.c1ccccc1. The molecule has 0 unspecified atom stereocenters. The van der Waals surface area contributed by atoms with Gasteiger partial charge in [0.15, 0.2) is 0 Å². The van der Waals surface area contributed by atoms with Gasteiger partial charge in [-0.3, -0.25) is 4.79 Å². The highest BCUT2D eigenvalue weighted by molar-refractivity contribution is 5.73. The summed E-state index contributed by atoms with van der Waals surface area (Å²) in [7, 11) is 0. The zero-order valence-corrected chi connectivity index (χ0v) is 6.64. The number of esters is 1. The van der Waals surface area contributed by atoms with Crippen LogP contribution in [0.2, 0.25) is 0 Å². The van der Waals surface area contributed by atoms with Crippen LogP contribution in [0.1, 0.15) is 6.42 Å². The number of carbonyl (C=O) groups excluding carboxylic acids is 1. The fourth-order valence-electron chi connectivity index (χ4n) is 0.701. The third kappa shape index (κ3) is 3.56. The summed E-state index contributed by atoms with van der Waals surface area (Å²) in [5.74, 6) is -0.157. The number of hydrogen-bond donors (Lipinski definition) is 0. The van der Waals surface area contributed by atoms with E-state index in [0.717, 1.165) is 0 Å². The molecule has 1 aromatic rings. The fraction of sp³-hybridized carbons (Fsp3) is 0.100. The smallest absolute Gasteiger partial charge is 0.314 e. The summed E-state index contributed by atoms with van der Waals surface area (Å²) in [6.45, 7) is 0. The molecule has 0 saturated carbocycles. The van der Waals surface area contributed by atoms with Gasteiger partial charge in [0.1, 0.15) is 0 Å². The largest absolute Gasteiger partial charge is 0.435 e. The molecule has 0 radical (unpaired) electrons. The van der Waals surface area contributed by atoms with E-state index in [0.29, 0.717) is 6.42 Å². The Balaban J connectivity index is 0.000000120. The van der Waals surface area contributed by atoms with Crippen LogP contribution in [0, 0.1) is 0 Å². The molecule has 62 valence electrons. The summed E-state index contributed by atoms with van der Waals surface area (Å²) in [6.07, 6.45) is 3.53. The second-order valence-electron chi connectivity index (χ2n) is 2.22. The fourth-order valence-corrected chi connectivity index (χ4v) is 0.701. The van der Waals surface area contributed by atoms with E-state index in [9.17, 15) is 4.79 Å². The standard InChI is InChI=1S/C6H6.C4H4O2/c1-2-4-6-5-3-1;5-4-2-1-3-6-4/h1-6H;1,3H,2H2. The van der Waals surface area contributed by atoms with Crippen molar-refractivity contribution in [2.75, 3.05) is 0 Å². The number of benzene rings is 1. The lowest BCUT2D eigenvalue weighted by Gasteiger charge is -1.78. The third-order valence-electron chi connectivity index (χ3n) is 1.25. The van der Waals surface area contributed by atoms with E-state index in [1.54, 1.807) is 6.08 Å². The van der Waals surface area contributed by atoms with Gasteiger partial charge >= 0.3 is 5.97 Å². The molecule has 0 amide bonds. The van der Waals surface area contributed by atoms with Crippen LogP contribution in [-0.4, -0.2) is 5.97 Å². The third-order valence-corrected chi connectivity index (χ3v) is 1.25. The molecule has 1 aliphatic heterocycles. The lowest BCUT2D eigenvalue weighted by Crippen LogP contribution is -1.87. The maximum absolute atomic E-state index is 9.96. The second-order valence-corrected chi connectivity index (χ2v) is 2.22. The first-order valence-electron chi connectivity index (χ1n) is 3.74. The topological polar surface area (TPSA) is 26.3 Å². The van der Waals surface area contributed by atoms with Gasteiger partial charge in [-0.2, -0.15) is 0 Å². The molecule has 12 heavy (non-hydrogen) atoms. The van der Waals surface area contributed by atoms with E-state index in [4.69, 9.17) is 0 Å². The average molecular weight is 162 g/mol. The zero-order valence-electron chi connectivity index (χ0n) is 6.64. The minimum absolute atomic E-state index is 0.157. The minimum Gasteiger partial charge on any atom is -0.435 e. The summed E-state index contributed by atoms with van der Waals surface area (Å²) in [5.41, 5.74) is 0. The van der Waals surface area contributed by atoms with Crippen molar-refractivity contribution in [3.8, 4) is 0 Å². The number of ether oxygens (including phenoxy) is 1. The summed E-state index contributed by atoms with van der Waals surface area (Å²) in [6, 6.07) is 12.0. The van der Waals surface area contributed by atoms with Gasteiger partial charge in [-0.15, -0.1) is 0 Å².